The molecule has 0 unspecified atom stereocenters. The summed E-state index contributed by atoms with van der Waals surface area (Å²) >= 11 is 0. The lowest BCUT2D eigenvalue weighted by atomic mass is 9.99. The third-order valence-corrected chi connectivity index (χ3v) is 9.97. The molecule has 2 fully saturated rings. The van der Waals surface area contributed by atoms with Crippen LogP contribution in [0.3, 0.4) is 0 Å². The van der Waals surface area contributed by atoms with E-state index in [4.69, 9.17) is 4.74 Å². The molecule has 1 saturated carbocycles. The SMILES string of the molecule is C[C@@]1(O)CCC[C@H]1n1c(=O)c(C#C[Si](C)(C)C)cc2cnc(Nc3ccc(S(=O)(=O)C4COC4)cc3)nc21. The molecule has 200 valence electrons. The number of rotatable bonds is 5. The molecular weight excluding hydrogens is 520 g/mol. The van der Waals surface area contributed by atoms with E-state index >= 15 is 0 Å². The zero-order chi connectivity index (χ0) is 27.3. The maximum Gasteiger partial charge on any atom is 0.268 e. The first-order chi connectivity index (χ1) is 17.8. The fraction of sp³-hybridized carbons (Fsp3) is 0.444. The summed E-state index contributed by atoms with van der Waals surface area (Å²) < 4.78 is 31.9. The molecule has 38 heavy (non-hydrogen) atoms. The van der Waals surface area contributed by atoms with Gasteiger partial charge in [0.25, 0.3) is 5.56 Å². The minimum Gasteiger partial charge on any atom is -0.388 e. The van der Waals surface area contributed by atoms with E-state index in [2.05, 4.69) is 46.4 Å². The molecule has 1 aliphatic heterocycles. The number of ether oxygens (including phenoxy) is 1. The summed E-state index contributed by atoms with van der Waals surface area (Å²) in [5.41, 5.74) is 3.35. The molecule has 0 amide bonds. The number of hydrogen-bond acceptors (Lipinski definition) is 8. The monoisotopic (exact) mass is 552 g/mol. The van der Waals surface area contributed by atoms with Gasteiger partial charge in [-0.3, -0.25) is 9.36 Å². The third-order valence-electron chi connectivity index (χ3n) is 7.02. The van der Waals surface area contributed by atoms with Crippen LogP contribution in [0.25, 0.3) is 11.0 Å². The van der Waals surface area contributed by atoms with Gasteiger partial charge in [0.15, 0.2) is 9.84 Å². The number of pyridine rings is 1. The van der Waals surface area contributed by atoms with Crippen LogP contribution in [0.1, 0.15) is 37.8 Å². The molecule has 0 bridgehead atoms. The minimum atomic E-state index is -3.42. The van der Waals surface area contributed by atoms with E-state index in [0.29, 0.717) is 35.1 Å². The quantitative estimate of drug-likeness (QED) is 0.365. The lowest BCUT2D eigenvalue weighted by Gasteiger charge is -2.28. The van der Waals surface area contributed by atoms with E-state index in [-0.39, 0.29) is 29.6 Å². The van der Waals surface area contributed by atoms with Gasteiger partial charge in [-0.1, -0.05) is 25.6 Å². The number of nitrogens with zero attached hydrogens (tertiary/aromatic N) is 3. The molecule has 0 radical (unpaired) electrons. The Morgan fingerprint density at radius 1 is 1.21 bits per heavy atom. The van der Waals surface area contributed by atoms with Crippen LogP contribution in [0, 0.1) is 11.5 Å². The molecule has 11 heteroatoms. The van der Waals surface area contributed by atoms with E-state index in [1.54, 1.807) is 48.0 Å². The number of benzene rings is 1. The Hall–Kier alpha value is -3.04. The zero-order valence-corrected chi connectivity index (χ0v) is 23.8. The highest BCUT2D eigenvalue weighted by atomic mass is 32.2. The molecule has 5 rings (SSSR count). The number of nitrogens with one attached hydrogen (secondary N) is 1. The van der Waals surface area contributed by atoms with Crippen LogP contribution in [0.15, 0.2) is 46.2 Å². The van der Waals surface area contributed by atoms with Gasteiger partial charge >= 0.3 is 0 Å². The van der Waals surface area contributed by atoms with Crippen LogP contribution in [-0.2, 0) is 14.6 Å². The molecule has 3 heterocycles. The predicted octanol–water partition coefficient (Wildman–Crippen LogP) is 3.41. The first kappa shape index (κ1) is 26.6. The van der Waals surface area contributed by atoms with Gasteiger partial charge < -0.3 is 15.2 Å². The summed E-state index contributed by atoms with van der Waals surface area (Å²) in [4.78, 5) is 23.0. The van der Waals surface area contributed by atoms with Crippen LogP contribution in [0.4, 0.5) is 11.6 Å². The molecule has 2 aromatic heterocycles. The van der Waals surface area contributed by atoms with E-state index < -0.39 is 34.8 Å². The normalized spacial score (nSPS) is 22.1. The van der Waals surface area contributed by atoms with Crippen molar-refractivity contribution in [1.82, 2.24) is 14.5 Å². The molecule has 1 aliphatic carbocycles. The van der Waals surface area contributed by atoms with Gasteiger partial charge in [-0.2, -0.15) is 4.98 Å². The Labute approximate surface area is 223 Å². The summed E-state index contributed by atoms with van der Waals surface area (Å²) in [6.45, 7) is 8.54. The average molecular weight is 553 g/mol. The van der Waals surface area contributed by atoms with Crippen molar-refractivity contribution in [3.8, 4) is 11.5 Å². The summed E-state index contributed by atoms with van der Waals surface area (Å²) in [5.74, 6) is 3.35. The number of aliphatic hydroxyl groups is 1. The summed E-state index contributed by atoms with van der Waals surface area (Å²) in [6, 6.07) is 7.69. The van der Waals surface area contributed by atoms with Crippen LogP contribution in [0.2, 0.25) is 19.6 Å². The Bertz CT molecular complexity index is 1610. The highest BCUT2D eigenvalue weighted by molar-refractivity contribution is 7.92. The Morgan fingerprint density at radius 3 is 2.50 bits per heavy atom. The lowest BCUT2D eigenvalue weighted by molar-refractivity contribution is 0.0266. The fourth-order valence-corrected chi connectivity index (χ4v) is 6.76. The molecular formula is C27H32N4O5SSi. The zero-order valence-electron chi connectivity index (χ0n) is 22.0. The van der Waals surface area contributed by atoms with E-state index in [9.17, 15) is 18.3 Å². The smallest absolute Gasteiger partial charge is 0.268 e. The van der Waals surface area contributed by atoms with Crippen molar-refractivity contribution in [3.05, 3.63) is 52.4 Å². The van der Waals surface area contributed by atoms with Gasteiger partial charge in [-0.05, 0) is 56.5 Å². The largest absolute Gasteiger partial charge is 0.388 e. The first-order valence-corrected chi connectivity index (χ1v) is 17.8. The lowest BCUT2D eigenvalue weighted by Crippen LogP contribution is -2.40. The van der Waals surface area contributed by atoms with Crippen LogP contribution < -0.4 is 10.9 Å². The molecule has 9 nitrogen and oxygen atoms in total. The van der Waals surface area contributed by atoms with Crippen LogP contribution in [-0.4, -0.2) is 60.2 Å². The van der Waals surface area contributed by atoms with Crippen LogP contribution in [0.5, 0.6) is 0 Å². The highest BCUT2D eigenvalue weighted by Gasteiger charge is 2.40. The third kappa shape index (κ3) is 5.14. The van der Waals surface area contributed by atoms with Crippen LogP contribution >= 0.6 is 0 Å². The van der Waals surface area contributed by atoms with Crippen molar-refractivity contribution < 1.29 is 18.3 Å². The van der Waals surface area contributed by atoms with Crippen molar-refractivity contribution in [3.63, 3.8) is 0 Å². The molecule has 0 spiro atoms. The summed E-state index contributed by atoms with van der Waals surface area (Å²) in [5, 5.41) is 14.4. The van der Waals surface area contributed by atoms with E-state index in [1.165, 1.54) is 0 Å². The fourth-order valence-electron chi connectivity index (χ4n) is 4.79. The van der Waals surface area contributed by atoms with Gasteiger partial charge in [0, 0.05) is 17.3 Å². The van der Waals surface area contributed by atoms with Gasteiger partial charge in [0.05, 0.1) is 35.3 Å². The van der Waals surface area contributed by atoms with Gasteiger partial charge in [-0.15, -0.1) is 5.54 Å². The molecule has 2 N–H and O–H groups in total. The molecule has 2 atom stereocenters. The number of hydrogen-bond donors (Lipinski definition) is 2. The van der Waals surface area contributed by atoms with Crippen molar-refractivity contribution in [2.45, 2.75) is 67.6 Å². The molecule has 3 aromatic rings. The standard InChI is InChI=1S/C27H32N4O5SSi/c1-27(33)12-5-6-23(27)31-24-19(14-18(25(31)32)11-13-38(2,3)4)15-28-26(30-24)29-20-7-9-21(10-8-20)37(34,35)22-16-36-17-22/h7-10,14-15,22-23,33H,5-6,12,16-17H2,1-4H3,(H,28,29,30)/t23-,27-/m1/s1. The Kier molecular flexibility index (Phi) is 6.72. The molecule has 2 aliphatic rings. The van der Waals surface area contributed by atoms with Crippen molar-refractivity contribution in [1.29, 1.82) is 0 Å². The number of aromatic nitrogens is 3. The van der Waals surface area contributed by atoms with E-state index in [1.807, 2.05) is 0 Å². The predicted molar refractivity (Wildman–Crippen MR) is 149 cm³/mol. The second-order valence-electron chi connectivity index (χ2n) is 11.3. The van der Waals surface area contributed by atoms with Gasteiger partial charge in [-0.25, -0.2) is 13.4 Å². The second-order valence-corrected chi connectivity index (χ2v) is 18.3. The number of fused-ring (bicyclic) bond motifs is 1. The molecule has 1 aromatic carbocycles. The average Bonchev–Trinajstić information content (AvgIpc) is 3.14. The first-order valence-electron chi connectivity index (χ1n) is 12.7. The van der Waals surface area contributed by atoms with Crippen molar-refractivity contribution >= 4 is 40.6 Å². The minimum absolute atomic E-state index is 0.217. The topological polar surface area (TPSA) is 123 Å². The molecule has 1 saturated heterocycles. The Morgan fingerprint density at radius 2 is 1.92 bits per heavy atom. The maximum absolute atomic E-state index is 13.7. The second kappa shape index (κ2) is 9.61. The number of sulfone groups is 1. The summed E-state index contributed by atoms with van der Waals surface area (Å²) in [7, 11) is -5.15. The van der Waals surface area contributed by atoms with E-state index in [0.717, 1.165) is 6.42 Å². The van der Waals surface area contributed by atoms with Crippen molar-refractivity contribution in [2.24, 2.45) is 0 Å². The summed E-state index contributed by atoms with van der Waals surface area (Å²) in [6.07, 6.45) is 3.69. The van der Waals surface area contributed by atoms with Gasteiger partial charge in [0.1, 0.15) is 19.0 Å². The van der Waals surface area contributed by atoms with Crippen molar-refractivity contribution in [2.75, 3.05) is 18.5 Å². The Balaban J connectivity index is 1.54. The number of anilines is 2. The highest BCUT2D eigenvalue weighted by Crippen LogP contribution is 2.39. The maximum atomic E-state index is 13.7. The van der Waals surface area contributed by atoms with Gasteiger partial charge in [0.2, 0.25) is 5.95 Å².